The minimum Gasteiger partial charge on any atom is -0.454 e. The van der Waals surface area contributed by atoms with E-state index in [0.29, 0.717) is 0 Å². The second-order valence-corrected chi connectivity index (χ2v) is 3.59. The Kier molecular flexibility index (Phi) is 4.86. The van der Waals surface area contributed by atoms with Crippen LogP contribution in [0.5, 0.6) is 11.5 Å². The molecule has 5 heteroatoms. The van der Waals surface area contributed by atoms with Gasteiger partial charge in [0.05, 0.1) is 0 Å². The first-order valence-corrected chi connectivity index (χ1v) is 5.07. The highest BCUT2D eigenvalue weighted by Gasteiger charge is 2.15. The monoisotopic (exact) mass is 245 g/mol. The summed E-state index contributed by atoms with van der Waals surface area (Å²) in [6.07, 6.45) is 1.49. The number of benzene rings is 1. The predicted molar refractivity (Wildman–Crippen MR) is 63.1 cm³/mol. The van der Waals surface area contributed by atoms with Gasteiger partial charge in [-0.25, -0.2) is 0 Å². The van der Waals surface area contributed by atoms with Crippen LogP contribution in [0.4, 0.5) is 0 Å². The number of nitrogens with two attached hydrogens (primary N) is 1. The van der Waals surface area contributed by atoms with Crippen LogP contribution in [0.25, 0.3) is 0 Å². The van der Waals surface area contributed by atoms with Gasteiger partial charge in [0, 0.05) is 12.6 Å². The fourth-order valence-electron chi connectivity index (χ4n) is 1.62. The third-order valence-electron chi connectivity index (χ3n) is 2.50. The number of aliphatic hydroxyl groups excluding tert-OH is 1. The maximum atomic E-state index is 8.72. The molecule has 3 N–H and O–H groups in total. The molecule has 0 saturated heterocycles. The smallest absolute Gasteiger partial charge is 0.231 e. The average Bonchev–Trinajstić information content (AvgIpc) is 2.72. The highest BCUT2D eigenvalue weighted by atomic mass is 35.5. The average molecular weight is 246 g/mol. The Morgan fingerprint density at radius 2 is 2.06 bits per heavy atom. The number of halogens is 1. The molecule has 0 aromatic heterocycles. The van der Waals surface area contributed by atoms with Crippen molar-refractivity contribution >= 4 is 12.4 Å². The second-order valence-electron chi connectivity index (χ2n) is 3.59. The molecule has 1 aromatic carbocycles. The SMILES string of the molecule is Cl.N[C@@H](CCCO)c1ccc2c(c1)OCO2. The predicted octanol–water partition coefficient (Wildman–Crippen LogP) is 1.61. The lowest BCUT2D eigenvalue weighted by molar-refractivity contribution is 0.174. The molecule has 16 heavy (non-hydrogen) atoms. The minimum absolute atomic E-state index is 0. The third-order valence-corrected chi connectivity index (χ3v) is 2.50. The lowest BCUT2D eigenvalue weighted by Gasteiger charge is -2.11. The van der Waals surface area contributed by atoms with Crippen molar-refractivity contribution in [3.05, 3.63) is 23.8 Å². The molecular weight excluding hydrogens is 230 g/mol. The Bertz CT molecular complexity index is 346. The Morgan fingerprint density at radius 1 is 1.31 bits per heavy atom. The van der Waals surface area contributed by atoms with Gasteiger partial charge in [-0.3, -0.25) is 0 Å². The number of rotatable bonds is 4. The lowest BCUT2D eigenvalue weighted by atomic mass is 10.0. The topological polar surface area (TPSA) is 64.7 Å². The molecule has 0 unspecified atom stereocenters. The summed E-state index contributed by atoms with van der Waals surface area (Å²) in [4.78, 5) is 0. The van der Waals surface area contributed by atoms with Gasteiger partial charge in [-0.15, -0.1) is 12.4 Å². The fraction of sp³-hybridized carbons (Fsp3) is 0.455. The maximum Gasteiger partial charge on any atom is 0.231 e. The zero-order chi connectivity index (χ0) is 10.7. The van der Waals surface area contributed by atoms with Crippen molar-refractivity contribution in [3.8, 4) is 11.5 Å². The molecule has 1 aromatic rings. The summed E-state index contributed by atoms with van der Waals surface area (Å²) < 4.78 is 10.5. The van der Waals surface area contributed by atoms with Crippen LogP contribution in [-0.2, 0) is 0 Å². The van der Waals surface area contributed by atoms with E-state index in [0.717, 1.165) is 29.9 Å². The molecule has 2 rings (SSSR count). The summed E-state index contributed by atoms with van der Waals surface area (Å²) in [5.74, 6) is 1.53. The van der Waals surface area contributed by atoms with Gasteiger partial charge >= 0.3 is 0 Å². The van der Waals surface area contributed by atoms with E-state index in [4.69, 9.17) is 20.3 Å². The number of hydrogen-bond donors (Lipinski definition) is 2. The Balaban J connectivity index is 0.00000128. The van der Waals surface area contributed by atoms with Crippen LogP contribution < -0.4 is 15.2 Å². The normalized spacial score (nSPS) is 14.4. The van der Waals surface area contributed by atoms with Gasteiger partial charge in [0.1, 0.15) is 0 Å². The molecule has 1 aliphatic heterocycles. The van der Waals surface area contributed by atoms with Gasteiger partial charge in [0.2, 0.25) is 6.79 Å². The molecule has 0 spiro atoms. The van der Waals surface area contributed by atoms with E-state index >= 15 is 0 Å². The number of aliphatic hydroxyl groups is 1. The van der Waals surface area contributed by atoms with Crippen LogP contribution in [0.1, 0.15) is 24.4 Å². The summed E-state index contributed by atoms with van der Waals surface area (Å²) in [6, 6.07) is 5.67. The first-order chi connectivity index (χ1) is 7.31. The molecule has 0 aliphatic carbocycles. The van der Waals surface area contributed by atoms with E-state index in [2.05, 4.69) is 0 Å². The van der Waals surface area contributed by atoms with E-state index in [9.17, 15) is 0 Å². The first kappa shape index (κ1) is 13.1. The Hall–Kier alpha value is -0.970. The van der Waals surface area contributed by atoms with E-state index in [1.54, 1.807) is 0 Å². The number of ether oxygens (including phenoxy) is 2. The Morgan fingerprint density at radius 3 is 2.81 bits per heavy atom. The summed E-state index contributed by atoms with van der Waals surface area (Å²) >= 11 is 0. The molecule has 0 radical (unpaired) electrons. The van der Waals surface area contributed by atoms with Crippen LogP contribution in [-0.4, -0.2) is 18.5 Å². The van der Waals surface area contributed by atoms with E-state index in [-0.39, 0.29) is 31.8 Å². The number of fused-ring (bicyclic) bond motifs is 1. The van der Waals surface area contributed by atoms with Crippen molar-refractivity contribution in [1.82, 2.24) is 0 Å². The van der Waals surface area contributed by atoms with Gasteiger partial charge in [0.15, 0.2) is 11.5 Å². The Labute approximate surface area is 101 Å². The molecule has 0 fully saturated rings. The highest BCUT2D eigenvalue weighted by Crippen LogP contribution is 2.34. The molecule has 0 saturated carbocycles. The molecule has 90 valence electrons. The zero-order valence-electron chi connectivity index (χ0n) is 8.89. The van der Waals surface area contributed by atoms with Gasteiger partial charge < -0.3 is 20.3 Å². The second kappa shape index (κ2) is 5.94. The largest absolute Gasteiger partial charge is 0.454 e. The summed E-state index contributed by atoms with van der Waals surface area (Å²) in [5, 5.41) is 8.72. The van der Waals surface area contributed by atoms with Gasteiger partial charge in [-0.05, 0) is 30.5 Å². The van der Waals surface area contributed by atoms with Crippen LogP contribution >= 0.6 is 12.4 Å². The van der Waals surface area contributed by atoms with Crippen LogP contribution in [0.3, 0.4) is 0 Å². The molecule has 1 atom stereocenters. The van der Waals surface area contributed by atoms with Crippen LogP contribution in [0.2, 0.25) is 0 Å². The summed E-state index contributed by atoms with van der Waals surface area (Å²) in [6.45, 7) is 0.461. The van der Waals surface area contributed by atoms with Crippen molar-refractivity contribution in [2.45, 2.75) is 18.9 Å². The van der Waals surface area contributed by atoms with Crippen molar-refractivity contribution in [1.29, 1.82) is 0 Å². The van der Waals surface area contributed by atoms with Gasteiger partial charge in [-0.2, -0.15) is 0 Å². The van der Waals surface area contributed by atoms with Crippen LogP contribution in [0, 0.1) is 0 Å². The molecular formula is C11H16ClNO3. The molecule has 0 bridgehead atoms. The standard InChI is InChI=1S/C11H15NO3.ClH/c12-9(2-1-5-13)8-3-4-10-11(6-8)15-7-14-10;/h3-4,6,9,13H,1-2,5,7,12H2;1H/t9-;/m0./s1. The summed E-state index contributed by atoms with van der Waals surface area (Å²) in [7, 11) is 0. The highest BCUT2D eigenvalue weighted by molar-refractivity contribution is 5.85. The van der Waals surface area contributed by atoms with Gasteiger partial charge in [-0.1, -0.05) is 6.07 Å². The minimum atomic E-state index is -0.0494. The van der Waals surface area contributed by atoms with Crippen molar-refractivity contribution in [2.24, 2.45) is 5.73 Å². The zero-order valence-corrected chi connectivity index (χ0v) is 9.70. The summed E-state index contributed by atoms with van der Waals surface area (Å²) in [5.41, 5.74) is 6.99. The van der Waals surface area contributed by atoms with Crippen molar-refractivity contribution < 1.29 is 14.6 Å². The lowest BCUT2D eigenvalue weighted by Crippen LogP contribution is -2.10. The fourth-order valence-corrected chi connectivity index (χ4v) is 1.62. The van der Waals surface area contributed by atoms with E-state index < -0.39 is 0 Å². The first-order valence-electron chi connectivity index (χ1n) is 5.07. The van der Waals surface area contributed by atoms with Crippen LogP contribution in [0.15, 0.2) is 18.2 Å². The molecule has 1 aliphatic rings. The van der Waals surface area contributed by atoms with Gasteiger partial charge in [0.25, 0.3) is 0 Å². The van der Waals surface area contributed by atoms with E-state index in [1.807, 2.05) is 18.2 Å². The molecule has 4 nitrogen and oxygen atoms in total. The van der Waals surface area contributed by atoms with Crippen molar-refractivity contribution in [2.75, 3.05) is 13.4 Å². The number of hydrogen-bond acceptors (Lipinski definition) is 4. The molecule has 1 heterocycles. The maximum absolute atomic E-state index is 8.72. The van der Waals surface area contributed by atoms with E-state index in [1.165, 1.54) is 0 Å². The molecule has 0 amide bonds. The third kappa shape index (κ3) is 2.78. The van der Waals surface area contributed by atoms with Crippen molar-refractivity contribution in [3.63, 3.8) is 0 Å². The quantitative estimate of drug-likeness (QED) is 0.846.